The second-order valence-electron chi connectivity index (χ2n) is 7.40. The Morgan fingerprint density at radius 3 is 2.76 bits per heavy atom. The summed E-state index contributed by atoms with van der Waals surface area (Å²) < 4.78 is 5.90. The van der Waals surface area contributed by atoms with E-state index in [1.165, 1.54) is 24.3 Å². The molecule has 34 heavy (non-hydrogen) atoms. The molecule has 3 aromatic carbocycles. The number of nitrogens with one attached hydrogen (secondary N) is 1. The zero-order valence-electron chi connectivity index (χ0n) is 18.2. The third kappa shape index (κ3) is 5.15. The Morgan fingerprint density at radius 2 is 2.00 bits per heavy atom. The van der Waals surface area contributed by atoms with Gasteiger partial charge < -0.3 is 14.7 Å². The van der Waals surface area contributed by atoms with E-state index >= 15 is 0 Å². The van der Waals surface area contributed by atoms with E-state index < -0.39 is 5.91 Å². The fourth-order valence-corrected chi connectivity index (χ4v) is 3.89. The van der Waals surface area contributed by atoms with Gasteiger partial charge in [0.15, 0.2) is 11.5 Å². The Bertz CT molecular complexity index is 1290. The van der Waals surface area contributed by atoms with Crippen LogP contribution >= 0.6 is 15.9 Å². The van der Waals surface area contributed by atoms with Crippen molar-refractivity contribution < 1.29 is 19.4 Å². The summed E-state index contributed by atoms with van der Waals surface area (Å²) in [5.41, 5.74) is 5.98. The number of amides is 2. The van der Waals surface area contributed by atoms with Gasteiger partial charge in [-0.25, -0.2) is 5.43 Å². The van der Waals surface area contributed by atoms with Gasteiger partial charge in [-0.2, -0.15) is 5.10 Å². The number of fused-ring (bicyclic) bond motifs is 1. The summed E-state index contributed by atoms with van der Waals surface area (Å²) in [6.45, 7) is -0.304. The molecule has 0 aliphatic carbocycles. The number of methoxy groups -OCH3 is 1. The fraction of sp³-hybridized carbons (Fsp3) is 0.120. The maximum Gasteiger partial charge on any atom is 0.260 e. The first-order valence-electron chi connectivity index (χ1n) is 10.4. The number of rotatable bonds is 6. The van der Waals surface area contributed by atoms with E-state index in [4.69, 9.17) is 4.74 Å². The fourth-order valence-electron chi connectivity index (χ4n) is 3.53. The van der Waals surface area contributed by atoms with Crippen LogP contribution < -0.4 is 15.1 Å². The molecule has 8 nitrogen and oxygen atoms in total. The maximum atomic E-state index is 12.9. The average Bonchev–Trinajstić information content (AvgIpc) is 2.97. The number of phenols is 1. The molecule has 0 unspecified atom stereocenters. The molecule has 2 N–H and O–H groups in total. The van der Waals surface area contributed by atoms with E-state index in [9.17, 15) is 14.7 Å². The summed E-state index contributed by atoms with van der Waals surface area (Å²) in [6, 6.07) is 19.8. The summed E-state index contributed by atoms with van der Waals surface area (Å²) in [4.78, 5) is 31.5. The van der Waals surface area contributed by atoms with E-state index in [1.807, 2.05) is 42.5 Å². The second-order valence-corrected chi connectivity index (χ2v) is 8.31. The highest BCUT2D eigenvalue weighted by Gasteiger charge is 2.27. The van der Waals surface area contributed by atoms with Crippen molar-refractivity contribution in [3.63, 3.8) is 0 Å². The quantitative estimate of drug-likeness (QED) is 0.383. The van der Waals surface area contributed by atoms with Crippen LogP contribution in [0.25, 0.3) is 0 Å². The summed E-state index contributed by atoms with van der Waals surface area (Å²) in [6.07, 6.45) is 1.42. The lowest BCUT2D eigenvalue weighted by molar-refractivity contribution is -0.123. The van der Waals surface area contributed by atoms with Gasteiger partial charge >= 0.3 is 0 Å². The molecule has 1 heterocycles. The lowest BCUT2D eigenvalue weighted by Gasteiger charge is -2.22. The first kappa shape index (κ1) is 23.2. The summed E-state index contributed by atoms with van der Waals surface area (Å²) in [5, 5.41) is 13.6. The van der Waals surface area contributed by atoms with Gasteiger partial charge in [0.05, 0.1) is 24.7 Å². The predicted molar refractivity (Wildman–Crippen MR) is 134 cm³/mol. The van der Waals surface area contributed by atoms with Crippen molar-refractivity contribution in [3.8, 4) is 11.5 Å². The number of ether oxygens (including phenoxy) is 1. The van der Waals surface area contributed by atoms with Crippen LogP contribution in [0.4, 0.5) is 5.69 Å². The number of phenolic OH excluding ortho intramolecular Hbond substituents is 1. The highest BCUT2D eigenvalue weighted by Crippen LogP contribution is 2.30. The molecule has 0 saturated heterocycles. The van der Waals surface area contributed by atoms with E-state index in [1.54, 1.807) is 18.2 Å². The number of carbonyl (C=O) groups is 2. The molecule has 4 rings (SSSR count). The summed E-state index contributed by atoms with van der Waals surface area (Å²) >= 11 is 3.49. The lowest BCUT2D eigenvalue weighted by atomic mass is 10.0. The van der Waals surface area contributed by atoms with Gasteiger partial charge in [0, 0.05) is 15.6 Å². The summed E-state index contributed by atoms with van der Waals surface area (Å²) in [5.74, 6) is -0.461. The Kier molecular flexibility index (Phi) is 7.03. The summed E-state index contributed by atoms with van der Waals surface area (Å²) in [7, 11) is 1.44. The minimum absolute atomic E-state index is 0.00533. The van der Waals surface area contributed by atoms with Gasteiger partial charge in [0.25, 0.3) is 5.91 Å². The molecule has 2 amide bonds. The van der Waals surface area contributed by atoms with Gasteiger partial charge in [-0.1, -0.05) is 46.3 Å². The zero-order chi connectivity index (χ0) is 24.1. The standard InChI is InChI=1S/C25H21BrN4O4/c1-34-22-11-16(7-10-21(22)31)13-28-29-23(32)15-30-20-9-8-18(26)12-19(20)25(27-14-24(30)33)17-5-3-2-4-6-17/h2-13,31H,14-15H2,1H3,(H,29,32)/b28-13+. The highest BCUT2D eigenvalue weighted by atomic mass is 79.9. The van der Waals surface area contributed by atoms with Crippen molar-refractivity contribution in [2.75, 3.05) is 25.1 Å². The molecule has 0 aromatic heterocycles. The largest absolute Gasteiger partial charge is 0.504 e. The molecular formula is C25H21BrN4O4. The highest BCUT2D eigenvalue weighted by molar-refractivity contribution is 9.10. The van der Waals surface area contributed by atoms with Crippen molar-refractivity contribution in [1.29, 1.82) is 0 Å². The topological polar surface area (TPSA) is 104 Å². The number of aromatic hydroxyl groups is 1. The first-order valence-corrected chi connectivity index (χ1v) is 11.1. The lowest BCUT2D eigenvalue weighted by Crippen LogP contribution is -2.40. The molecule has 0 radical (unpaired) electrons. The molecule has 0 bridgehead atoms. The number of carbonyl (C=O) groups excluding carboxylic acids is 2. The Hall–Kier alpha value is -3.98. The van der Waals surface area contributed by atoms with E-state index in [0.717, 1.165) is 15.6 Å². The molecule has 0 spiro atoms. The average molecular weight is 521 g/mol. The van der Waals surface area contributed by atoms with Crippen molar-refractivity contribution in [3.05, 3.63) is 87.9 Å². The van der Waals surface area contributed by atoms with Crippen LogP contribution in [-0.4, -0.2) is 49.0 Å². The number of benzodiazepines with no additional fused rings is 1. The number of anilines is 1. The molecule has 0 fully saturated rings. The van der Waals surface area contributed by atoms with Crippen molar-refractivity contribution >= 4 is 45.4 Å². The van der Waals surface area contributed by atoms with Crippen molar-refractivity contribution in [2.24, 2.45) is 10.1 Å². The van der Waals surface area contributed by atoms with Crippen LogP contribution in [0.1, 0.15) is 16.7 Å². The Labute approximate surface area is 204 Å². The number of halogens is 1. The normalized spacial score (nSPS) is 13.3. The SMILES string of the molecule is COc1cc(/C=N/NC(=O)CN2C(=O)CN=C(c3ccccc3)c3cc(Br)ccc32)ccc1O. The van der Waals surface area contributed by atoms with Crippen molar-refractivity contribution in [1.82, 2.24) is 5.43 Å². The minimum atomic E-state index is -0.465. The number of nitrogens with zero attached hydrogens (tertiary/aromatic N) is 3. The first-order chi connectivity index (χ1) is 16.5. The van der Waals surface area contributed by atoms with Crippen LogP contribution in [0, 0.1) is 0 Å². The van der Waals surface area contributed by atoms with Crippen LogP contribution in [0.5, 0.6) is 11.5 Å². The van der Waals surface area contributed by atoms with Gasteiger partial charge in [0.2, 0.25) is 5.91 Å². The van der Waals surface area contributed by atoms with Crippen LogP contribution in [0.3, 0.4) is 0 Å². The molecule has 1 aliphatic rings. The molecule has 0 saturated carbocycles. The van der Waals surface area contributed by atoms with Crippen LogP contribution in [0.2, 0.25) is 0 Å². The number of hydrazone groups is 1. The number of hydrogen-bond acceptors (Lipinski definition) is 6. The zero-order valence-corrected chi connectivity index (χ0v) is 19.8. The third-order valence-electron chi connectivity index (χ3n) is 5.13. The molecule has 172 valence electrons. The molecule has 1 aliphatic heterocycles. The van der Waals surface area contributed by atoms with Gasteiger partial charge in [-0.05, 0) is 42.0 Å². The second kappa shape index (κ2) is 10.3. The van der Waals surface area contributed by atoms with E-state index in [-0.39, 0.29) is 24.7 Å². The monoisotopic (exact) mass is 520 g/mol. The molecule has 9 heteroatoms. The Balaban J connectivity index is 1.54. The third-order valence-corrected chi connectivity index (χ3v) is 5.63. The van der Waals surface area contributed by atoms with Crippen LogP contribution in [0.15, 0.2) is 81.3 Å². The number of aliphatic imine (C=N–C) groups is 1. The Morgan fingerprint density at radius 1 is 1.21 bits per heavy atom. The predicted octanol–water partition coefficient (Wildman–Crippen LogP) is 3.50. The van der Waals surface area contributed by atoms with E-state index in [2.05, 4.69) is 31.4 Å². The van der Waals surface area contributed by atoms with Gasteiger partial charge in [-0.3, -0.25) is 14.6 Å². The maximum absolute atomic E-state index is 12.9. The number of hydrogen-bond donors (Lipinski definition) is 2. The van der Waals surface area contributed by atoms with E-state index in [0.29, 0.717) is 22.7 Å². The smallest absolute Gasteiger partial charge is 0.260 e. The molecule has 3 aromatic rings. The van der Waals surface area contributed by atoms with Crippen molar-refractivity contribution in [2.45, 2.75) is 0 Å². The van der Waals surface area contributed by atoms with Gasteiger partial charge in [0.1, 0.15) is 13.1 Å². The molecule has 0 atom stereocenters. The van der Waals surface area contributed by atoms with Gasteiger partial charge in [-0.15, -0.1) is 0 Å². The molecular weight excluding hydrogens is 500 g/mol. The van der Waals surface area contributed by atoms with Crippen LogP contribution in [-0.2, 0) is 9.59 Å². The number of benzene rings is 3. The minimum Gasteiger partial charge on any atom is -0.504 e.